The lowest BCUT2D eigenvalue weighted by Crippen LogP contribution is -2.59. The Labute approximate surface area is 151 Å². The topological polar surface area (TPSA) is 69.3 Å². The number of carbonyl (C=O) groups excluding carboxylic acids is 1. The van der Waals surface area contributed by atoms with Crippen molar-refractivity contribution in [2.75, 3.05) is 26.9 Å². The second-order valence-corrected chi connectivity index (χ2v) is 7.74. The summed E-state index contributed by atoms with van der Waals surface area (Å²) in [4.78, 5) is 11.9. The van der Waals surface area contributed by atoms with Crippen LogP contribution in [0.4, 0.5) is 4.79 Å². The molecular formula is C19H33NO5. The zero-order valence-corrected chi connectivity index (χ0v) is 16.4. The average Bonchev–Trinajstić information content (AvgIpc) is 3.28. The molecule has 0 aromatic heterocycles. The van der Waals surface area contributed by atoms with E-state index in [1.807, 2.05) is 6.92 Å². The van der Waals surface area contributed by atoms with E-state index >= 15 is 0 Å². The fourth-order valence-corrected chi connectivity index (χ4v) is 3.92. The highest BCUT2D eigenvalue weighted by atomic mass is 16.6. The Kier molecular flexibility index (Phi) is 6.51. The summed E-state index contributed by atoms with van der Waals surface area (Å²) >= 11 is 0. The van der Waals surface area contributed by atoms with Crippen LogP contribution in [0.15, 0.2) is 11.6 Å². The van der Waals surface area contributed by atoms with Crippen molar-refractivity contribution >= 4 is 6.09 Å². The highest BCUT2D eigenvalue weighted by molar-refractivity contribution is 5.67. The van der Waals surface area contributed by atoms with Crippen LogP contribution in [0, 0.1) is 5.92 Å². The number of hydrogen-bond acceptors (Lipinski definition) is 5. The molecule has 1 heterocycles. The lowest BCUT2D eigenvalue weighted by Gasteiger charge is -2.47. The first-order valence-electron chi connectivity index (χ1n) is 9.14. The van der Waals surface area contributed by atoms with E-state index in [9.17, 15) is 4.79 Å². The van der Waals surface area contributed by atoms with Crippen molar-refractivity contribution in [1.82, 2.24) is 5.32 Å². The van der Waals surface area contributed by atoms with Crippen molar-refractivity contribution in [2.24, 2.45) is 5.92 Å². The SMILES string of the molecule is CCNC(=O)OC1CC[C@]2(CO2)C(C(C)(C)OCC=C(C)C)C1OC. The zero-order chi connectivity index (χ0) is 18.7. The van der Waals surface area contributed by atoms with E-state index in [0.717, 1.165) is 12.8 Å². The molecular weight excluding hydrogens is 322 g/mol. The molecule has 1 saturated carbocycles. The lowest BCUT2D eigenvalue weighted by atomic mass is 9.68. The third kappa shape index (κ3) is 4.74. The second-order valence-electron chi connectivity index (χ2n) is 7.74. The van der Waals surface area contributed by atoms with E-state index in [4.69, 9.17) is 18.9 Å². The van der Waals surface area contributed by atoms with Crippen molar-refractivity contribution in [3.8, 4) is 0 Å². The van der Waals surface area contributed by atoms with Gasteiger partial charge in [-0.15, -0.1) is 0 Å². The van der Waals surface area contributed by atoms with Gasteiger partial charge in [0.25, 0.3) is 0 Å². The van der Waals surface area contributed by atoms with Crippen LogP contribution in [0.2, 0.25) is 0 Å². The molecule has 0 aromatic carbocycles. The molecule has 0 radical (unpaired) electrons. The van der Waals surface area contributed by atoms with Crippen molar-refractivity contribution in [3.05, 3.63) is 11.6 Å². The number of amides is 1. The molecule has 25 heavy (non-hydrogen) atoms. The number of nitrogens with one attached hydrogen (secondary N) is 1. The highest BCUT2D eigenvalue weighted by Crippen LogP contribution is 2.52. The molecule has 1 amide bonds. The molecule has 0 aromatic rings. The van der Waals surface area contributed by atoms with Crippen LogP contribution in [-0.2, 0) is 18.9 Å². The number of epoxide rings is 1. The fraction of sp³-hybridized carbons (Fsp3) is 0.842. The molecule has 6 nitrogen and oxygen atoms in total. The van der Waals surface area contributed by atoms with Gasteiger partial charge in [-0.1, -0.05) is 11.6 Å². The fourth-order valence-electron chi connectivity index (χ4n) is 3.92. The normalized spacial score (nSPS) is 31.5. The number of rotatable bonds is 7. The number of alkyl carbamates (subject to hydrolysis) is 1. The van der Waals surface area contributed by atoms with Crippen molar-refractivity contribution in [2.45, 2.75) is 70.9 Å². The van der Waals surface area contributed by atoms with Crippen LogP contribution in [0.25, 0.3) is 0 Å². The third-order valence-electron chi connectivity index (χ3n) is 5.18. The van der Waals surface area contributed by atoms with Gasteiger partial charge in [0.15, 0.2) is 0 Å². The molecule has 2 fully saturated rings. The first-order chi connectivity index (χ1) is 11.8. The Bertz CT molecular complexity index is 494. The molecule has 1 aliphatic carbocycles. The Morgan fingerprint density at radius 1 is 1.40 bits per heavy atom. The Balaban J connectivity index is 2.16. The summed E-state index contributed by atoms with van der Waals surface area (Å²) in [6.07, 6.45) is 2.68. The van der Waals surface area contributed by atoms with Gasteiger partial charge in [-0.05, 0) is 47.5 Å². The summed E-state index contributed by atoms with van der Waals surface area (Å²) < 4.78 is 23.5. The summed E-state index contributed by atoms with van der Waals surface area (Å²) in [5.41, 5.74) is 0.528. The van der Waals surface area contributed by atoms with Gasteiger partial charge in [-0.3, -0.25) is 0 Å². The van der Waals surface area contributed by atoms with Gasteiger partial charge in [0, 0.05) is 19.6 Å². The number of methoxy groups -OCH3 is 1. The van der Waals surface area contributed by atoms with Crippen molar-refractivity contribution < 1.29 is 23.7 Å². The minimum Gasteiger partial charge on any atom is -0.443 e. The number of hydrogen-bond donors (Lipinski definition) is 1. The van der Waals surface area contributed by atoms with Crippen LogP contribution in [0.1, 0.15) is 47.5 Å². The van der Waals surface area contributed by atoms with E-state index in [1.54, 1.807) is 7.11 Å². The van der Waals surface area contributed by atoms with Crippen molar-refractivity contribution in [1.29, 1.82) is 0 Å². The van der Waals surface area contributed by atoms with Crippen LogP contribution in [0.3, 0.4) is 0 Å². The average molecular weight is 355 g/mol. The Morgan fingerprint density at radius 2 is 2.08 bits per heavy atom. The van der Waals surface area contributed by atoms with E-state index in [-0.39, 0.29) is 23.7 Å². The molecule has 1 spiro atoms. The third-order valence-corrected chi connectivity index (χ3v) is 5.18. The molecule has 2 rings (SSSR count). The predicted octanol–water partition coefficient (Wildman–Crippen LogP) is 3.06. The standard InChI is InChI=1S/C19H33NO5/c1-7-20-17(21)25-14-8-10-19(12-24-19)16(15(14)22-6)18(4,5)23-11-9-13(2)3/h9,14-16H,7-8,10-12H2,1-6H3,(H,20,21)/t14?,15?,16?,19-/m0/s1. The minimum absolute atomic E-state index is 0.0104. The molecule has 1 N–H and O–H groups in total. The summed E-state index contributed by atoms with van der Waals surface area (Å²) in [5, 5.41) is 2.69. The van der Waals surface area contributed by atoms with E-state index in [0.29, 0.717) is 19.8 Å². The van der Waals surface area contributed by atoms with Gasteiger partial charge in [0.1, 0.15) is 12.2 Å². The molecule has 2 aliphatic rings. The van der Waals surface area contributed by atoms with Gasteiger partial charge < -0.3 is 24.3 Å². The first kappa shape index (κ1) is 20.2. The van der Waals surface area contributed by atoms with Crippen LogP contribution in [-0.4, -0.2) is 56.4 Å². The molecule has 1 aliphatic heterocycles. The summed E-state index contributed by atoms with van der Waals surface area (Å²) in [5.74, 6) is -0.0104. The summed E-state index contributed by atoms with van der Waals surface area (Å²) in [6.45, 7) is 11.9. The van der Waals surface area contributed by atoms with E-state index in [1.165, 1.54) is 5.57 Å². The molecule has 3 unspecified atom stereocenters. The number of carbonyl (C=O) groups is 1. The monoisotopic (exact) mass is 355 g/mol. The minimum atomic E-state index is -0.466. The van der Waals surface area contributed by atoms with E-state index in [2.05, 4.69) is 39.1 Å². The quantitative estimate of drug-likeness (QED) is 0.561. The molecule has 144 valence electrons. The smallest absolute Gasteiger partial charge is 0.407 e. The number of ether oxygens (including phenoxy) is 4. The molecule has 0 bridgehead atoms. The van der Waals surface area contributed by atoms with Gasteiger partial charge in [0.05, 0.1) is 24.4 Å². The van der Waals surface area contributed by atoms with Crippen LogP contribution >= 0.6 is 0 Å². The largest absolute Gasteiger partial charge is 0.443 e. The van der Waals surface area contributed by atoms with E-state index < -0.39 is 11.7 Å². The van der Waals surface area contributed by atoms with Crippen LogP contribution < -0.4 is 5.32 Å². The maximum absolute atomic E-state index is 11.9. The van der Waals surface area contributed by atoms with Gasteiger partial charge in [-0.2, -0.15) is 0 Å². The Morgan fingerprint density at radius 3 is 2.60 bits per heavy atom. The van der Waals surface area contributed by atoms with Crippen LogP contribution in [0.5, 0.6) is 0 Å². The highest BCUT2D eigenvalue weighted by Gasteiger charge is 2.64. The van der Waals surface area contributed by atoms with Gasteiger partial charge in [0.2, 0.25) is 0 Å². The second kappa shape index (κ2) is 8.06. The number of allylic oxidation sites excluding steroid dienone is 1. The first-order valence-corrected chi connectivity index (χ1v) is 9.14. The Hall–Kier alpha value is -1.11. The van der Waals surface area contributed by atoms with Crippen molar-refractivity contribution in [3.63, 3.8) is 0 Å². The lowest BCUT2D eigenvalue weighted by molar-refractivity contribution is -0.172. The summed E-state index contributed by atoms with van der Waals surface area (Å²) in [6, 6.07) is 0. The summed E-state index contributed by atoms with van der Waals surface area (Å²) in [7, 11) is 1.67. The maximum Gasteiger partial charge on any atom is 0.407 e. The van der Waals surface area contributed by atoms with Gasteiger partial charge >= 0.3 is 6.09 Å². The predicted molar refractivity (Wildman–Crippen MR) is 95.6 cm³/mol. The van der Waals surface area contributed by atoms with Gasteiger partial charge in [-0.25, -0.2) is 4.79 Å². The zero-order valence-electron chi connectivity index (χ0n) is 16.4. The molecule has 1 saturated heterocycles. The molecule has 4 atom stereocenters. The maximum atomic E-state index is 11.9. The molecule has 6 heteroatoms.